The summed E-state index contributed by atoms with van der Waals surface area (Å²) in [5.41, 5.74) is 0. The molecule has 0 N–H and O–H groups in total. The molecular weight excluding hydrogens is 180 g/mol. The van der Waals surface area contributed by atoms with Crippen LogP contribution in [0.4, 0.5) is 0 Å². The molecule has 0 saturated carbocycles. The molecule has 0 heterocycles. The van der Waals surface area contributed by atoms with Crippen molar-refractivity contribution in [3.05, 3.63) is 0 Å². The quantitative estimate of drug-likeness (QED) is 0.629. The Labute approximate surface area is 88.7 Å². The molecule has 13 heavy (non-hydrogen) atoms. The molecule has 0 aromatic heterocycles. The normalized spacial score (nSPS) is 14.1. The first kappa shape index (κ1) is 13.3. The van der Waals surface area contributed by atoms with Gasteiger partial charge >= 0.3 is 0 Å². The molecule has 1 unspecified atom stereocenters. The van der Waals surface area contributed by atoms with Gasteiger partial charge in [-0.05, 0) is 46.3 Å². The lowest BCUT2D eigenvalue weighted by Gasteiger charge is -2.29. The zero-order valence-electron chi connectivity index (χ0n) is 9.45. The maximum atomic E-state index is 4.24. The molecule has 0 rings (SSSR count). The molecule has 80 valence electrons. The summed E-state index contributed by atoms with van der Waals surface area (Å²) in [5, 5.41) is 0. The molecule has 2 nitrogen and oxygen atoms in total. The maximum absolute atomic E-state index is 4.24. The van der Waals surface area contributed by atoms with Gasteiger partial charge in [-0.15, -0.1) is 0 Å². The molecule has 0 saturated heterocycles. The Morgan fingerprint density at radius 3 is 2.31 bits per heavy atom. The predicted molar refractivity (Wildman–Crippen MR) is 63.7 cm³/mol. The molecule has 0 aromatic carbocycles. The number of likely N-dealkylation sites (N-methyl/N-ethyl adjacent to an activating group) is 2. The molecule has 0 aliphatic rings. The van der Waals surface area contributed by atoms with Crippen LogP contribution in [0, 0.1) is 0 Å². The Morgan fingerprint density at radius 1 is 1.31 bits per heavy atom. The average Bonchev–Trinajstić information content (AvgIpc) is 2.04. The highest BCUT2D eigenvalue weighted by molar-refractivity contribution is 7.80. The molecule has 0 spiro atoms. The van der Waals surface area contributed by atoms with Crippen LogP contribution >= 0.6 is 12.6 Å². The summed E-state index contributed by atoms with van der Waals surface area (Å²) < 4.78 is 0. The van der Waals surface area contributed by atoms with Gasteiger partial charge in [0.2, 0.25) is 0 Å². The van der Waals surface area contributed by atoms with Crippen LogP contribution in [-0.2, 0) is 0 Å². The molecule has 0 fully saturated rings. The second kappa shape index (κ2) is 7.65. The van der Waals surface area contributed by atoms with E-state index in [4.69, 9.17) is 0 Å². The average molecular weight is 204 g/mol. The van der Waals surface area contributed by atoms with Gasteiger partial charge in [0.25, 0.3) is 0 Å². The van der Waals surface area contributed by atoms with E-state index in [-0.39, 0.29) is 0 Å². The summed E-state index contributed by atoms with van der Waals surface area (Å²) in [6.45, 7) is 7.98. The van der Waals surface area contributed by atoms with E-state index in [0.717, 1.165) is 18.8 Å². The zero-order valence-corrected chi connectivity index (χ0v) is 10.3. The number of rotatable bonds is 7. The van der Waals surface area contributed by atoms with Gasteiger partial charge < -0.3 is 4.90 Å². The van der Waals surface area contributed by atoms with Crippen LogP contribution in [0.2, 0.25) is 0 Å². The van der Waals surface area contributed by atoms with Crippen LogP contribution in [0.25, 0.3) is 0 Å². The van der Waals surface area contributed by atoms with Crippen LogP contribution in [0.15, 0.2) is 0 Å². The second-order valence-corrected chi connectivity index (χ2v) is 4.26. The van der Waals surface area contributed by atoms with Gasteiger partial charge in [0, 0.05) is 12.6 Å². The van der Waals surface area contributed by atoms with Gasteiger partial charge in [-0.1, -0.05) is 6.92 Å². The molecule has 1 atom stereocenters. The minimum absolute atomic E-state index is 0.653. The van der Waals surface area contributed by atoms with E-state index in [2.05, 4.69) is 50.4 Å². The third-order valence-corrected chi connectivity index (χ3v) is 2.58. The number of thiol groups is 1. The number of hydrogen-bond donors (Lipinski definition) is 1. The lowest BCUT2D eigenvalue weighted by atomic mass is 10.2. The van der Waals surface area contributed by atoms with Gasteiger partial charge in [-0.25, -0.2) is 0 Å². The van der Waals surface area contributed by atoms with Gasteiger partial charge in [-0.2, -0.15) is 12.6 Å². The molecule has 0 aliphatic heterocycles. The molecule has 0 amide bonds. The van der Waals surface area contributed by atoms with Crippen molar-refractivity contribution in [3.63, 3.8) is 0 Å². The van der Waals surface area contributed by atoms with E-state index < -0.39 is 0 Å². The lowest BCUT2D eigenvalue weighted by molar-refractivity contribution is 0.182. The summed E-state index contributed by atoms with van der Waals surface area (Å²) in [6, 6.07) is 0.653. The van der Waals surface area contributed by atoms with E-state index in [1.54, 1.807) is 0 Å². The van der Waals surface area contributed by atoms with Crippen molar-refractivity contribution in [3.8, 4) is 0 Å². The maximum Gasteiger partial charge on any atom is 0.0194 e. The van der Waals surface area contributed by atoms with E-state index in [1.807, 2.05) is 0 Å². The zero-order chi connectivity index (χ0) is 10.3. The van der Waals surface area contributed by atoms with Crippen molar-refractivity contribution < 1.29 is 0 Å². The Balaban J connectivity index is 3.77. The minimum atomic E-state index is 0.653. The summed E-state index contributed by atoms with van der Waals surface area (Å²) in [4.78, 5) is 4.75. The highest BCUT2D eigenvalue weighted by Crippen LogP contribution is 2.01. The highest BCUT2D eigenvalue weighted by atomic mass is 32.1. The van der Waals surface area contributed by atoms with E-state index >= 15 is 0 Å². The predicted octanol–water partition coefficient (Wildman–Crippen LogP) is 1.58. The van der Waals surface area contributed by atoms with Gasteiger partial charge in [-0.3, -0.25) is 4.90 Å². The summed E-state index contributed by atoms with van der Waals surface area (Å²) >= 11 is 4.24. The van der Waals surface area contributed by atoms with Crippen LogP contribution in [0.1, 0.15) is 20.3 Å². The standard InChI is InChI=1S/C10H24N2S/c1-5-12(7-6-8-13)10(2)9-11(3)4/h10,13H,5-9H2,1-4H3. The fourth-order valence-corrected chi connectivity index (χ4v) is 1.75. The first-order valence-corrected chi connectivity index (χ1v) is 5.74. The van der Waals surface area contributed by atoms with Gasteiger partial charge in [0.05, 0.1) is 0 Å². The number of nitrogens with zero attached hydrogens (tertiary/aromatic N) is 2. The second-order valence-electron chi connectivity index (χ2n) is 3.82. The fraction of sp³-hybridized carbons (Fsp3) is 1.00. The van der Waals surface area contributed by atoms with E-state index in [0.29, 0.717) is 6.04 Å². The largest absolute Gasteiger partial charge is 0.308 e. The van der Waals surface area contributed by atoms with Gasteiger partial charge in [0.15, 0.2) is 0 Å². The summed E-state index contributed by atoms with van der Waals surface area (Å²) in [5.74, 6) is 0.991. The molecule has 3 heteroatoms. The van der Waals surface area contributed by atoms with Crippen molar-refractivity contribution in [2.45, 2.75) is 26.3 Å². The first-order chi connectivity index (χ1) is 6.11. The van der Waals surface area contributed by atoms with Crippen molar-refractivity contribution >= 4 is 12.6 Å². The van der Waals surface area contributed by atoms with E-state index in [1.165, 1.54) is 13.0 Å². The topological polar surface area (TPSA) is 6.48 Å². The smallest absolute Gasteiger partial charge is 0.0194 e. The van der Waals surface area contributed by atoms with Crippen LogP contribution in [0.3, 0.4) is 0 Å². The molecule has 0 bridgehead atoms. The van der Waals surface area contributed by atoms with Crippen LogP contribution < -0.4 is 0 Å². The van der Waals surface area contributed by atoms with Crippen molar-refractivity contribution in [2.75, 3.05) is 39.5 Å². The Morgan fingerprint density at radius 2 is 1.92 bits per heavy atom. The lowest BCUT2D eigenvalue weighted by Crippen LogP contribution is -2.40. The molecule has 0 aliphatic carbocycles. The third kappa shape index (κ3) is 6.36. The van der Waals surface area contributed by atoms with Gasteiger partial charge in [0.1, 0.15) is 0 Å². The fourth-order valence-electron chi connectivity index (χ4n) is 1.61. The van der Waals surface area contributed by atoms with E-state index in [9.17, 15) is 0 Å². The Hall–Kier alpha value is 0.270. The Kier molecular flexibility index (Phi) is 7.81. The molecule has 0 aromatic rings. The Bertz CT molecular complexity index is 117. The SMILES string of the molecule is CCN(CCCS)C(C)CN(C)C. The van der Waals surface area contributed by atoms with Crippen LogP contribution in [-0.4, -0.2) is 55.3 Å². The van der Waals surface area contributed by atoms with Crippen molar-refractivity contribution in [2.24, 2.45) is 0 Å². The van der Waals surface area contributed by atoms with Crippen molar-refractivity contribution in [1.82, 2.24) is 9.80 Å². The monoisotopic (exact) mass is 204 g/mol. The molecular formula is C10H24N2S. The summed E-state index contributed by atoms with van der Waals surface area (Å²) in [7, 11) is 4.26. The minimum Gasteiger partial charge on any atom is -0.308 e. The van der Waals surface area contributed by atoms with Crippen LogP contribution in [0.5, 0.6) is 0 Å². The van der Waals surface area contributed by atoms with Crippen molar-refractivity contribution in [1.29, 1.82) is 0 Å². The highest BCUT2D eigenvalue weighted by Gasteiger charge is 2.11. The third-order valence-electron chi connectivity index (χ3n) is 2.26. The number of hydrogen-bond acceptors (Lipinski definition) is 3. The first-order valence-electron chi connectivity index (χ1n) is 5.11. The summed E-state index contributed by atoms with van der Waals surface area (Å²) in [6.07, 6.45) is 1.19. The molecule has 0 radical (unpaired) electrons.